The van der Waals surface area contributed by atoms with Crippen molar-refractivity contribution in [3.05, 3.63) is 0 Å². The second-order valence-electron chi connectivity index (χ2n) is 7.73. The average molecular weight is 251 g/mol. The summed E-state index contributed by atoms with van der Waals surface area (Å²) in [7, 11) is 0. The summed E-state index contributed by atoms with van der Waals surface area (Å²) >= 11 is 0. The Bertz CT molecular complexity index is 308. The number of hydrogen-bond acceptors (Lipinski definition) is 2. The van der Waals surface area contributed by atoms with Crippen LogP contribution in [0.1, 0.15) is 59.3 Å². The van der Waals surface area contributed by atoms with E-state index in [0.29, 0.717) is 17.4 Å². The lowest BCUT2D eigenvalue weighted by Crippen LogP contribution is -2.62. The first-order valence-corrected chi connectivity index (χ1v) is 7.91. The van der Waals surface area contributed by atoms with Gasteiger partial charge in [0.2, 0.25) is 0 Å². The molecular formula is C16H29NO. The Morgan fingerprint density at radius 3 is 2.50 bits per heavy atom. The zero-order chi connectivity index (χ0) is 12.8. The Balaban J connectivity index is 1.86. The second kappa shape index (κ2) is 4.49. The van der Waals surface area contributed by atoms with Crippen LogP contribution in [0.25, 0.3) is 0 Å². The fraction of sp³-hybridized carbons (Fsp3) is 1.00. The topological polar surface area (TPSA) is 21.3 Å². The van der Waals surface area contributed by atoms with Gasteiger partial charge in [-0.2, -0.15) is 0 Å². The lowest BCUT2D eigenvalue weighted by Gasteiger charge is -2.48. The van der Waals surface area contributed by atoms with Crippen molar-refractivity contribution in [1.82, 2.24) is 5.32 Å². The van der Waals surface area contributed by atoms with Crippen LogP contribution in [0, 0.1) is 17.3 Å². The van der Waals surface area contributed by atoms with E-state index in [0.717, 1.165) is 19.1 Å². The molecule has 3 aliphatic rings. The first-order chi connectivity index (χ1) is 8.54. The average Bonchev–Trinajstić information content (AvgIpc) is 2.87. The molecule has 1 saturated heterocycles. The van der Waals surface area contributed by atoms with Crippen LogP contribution >= 0.6 is 0 Å². The fourth-order valence-electron chi connectivity index (χ4n) is 5.18. The normalized spacial score (nSPS) is 44.8. The molecule has 104 valence electrons. The van der Waals surface area contributed by atoms with Crippen molar-refractivity contribution < 1.29 is 4.74 Å². The number of ether oxygens (including phenoxy) is 1. The maximum Gasteiger partial charge on any atom is 0.0868 e. The maximum absolute atomic E-state index is 6.44. The molecule has 2 nitrogen and oxygen atoms in total. The van der Waals surface area contributed by atoms with Gasteiger partial charge in [-0.1, -0.05) is 33.6 Å². The van der Waals surface area contributed by atoms with Crippen LogP contribution in [0.4, 0.5) is 0 Å². The van der Waals surface area contributed by atoms with Crippen molar-refractivity contribution in [2.24, 2.45) is 17.3 Å². The van der Waals surface area contributed by atoms with Gasteiger partial charge in [0.1, 0.15) is 0 Å². The Labute approximate surface area is 112 Å². The van der Waals surface area contributed by atoms with Crippen molar-refractivity contribution in [3.8, 4) is 0 Å². The summed E-state index contributed by atoms with van der Waals surface area (Å²) in [5.41, 5.74) is 0.589. The summed E-state index contributed by atoms with van der Waals surface area (Å²) in [6.07, 6.45) is 8.24. The van der Waals surface area contributed by atoms with Gasteiger partial charge in [0, 0.05) is 12.6 Å². The van der Waals surface area contributed by atoms with Gasteiger partial charge in [-0.25, -0.2) is 0 Å². The zero-order valence-corrected chi connectivity index (χ0v) is 12.3. The van der Waals surface area contributed by atoms with Gasteiger partial charge in [0.25, 0.3) is 0 Å². The first kappa shape index (κ1) is 12.9. The molecule has 3 atom stereocenters. The smallest absolute Gasteiger partial charge is 0.0868 e. The molecule has 2 aliphatic carbocycles. The largest absolute Gasteiger partial charge is 0.372 e. The lowest BCUT2D eigenvalue weighted by atomic mass is 9.75. The summed E-state index contributed by atoms with van der Waals surface area (Å²) in [5, 5.41) is 3.84. The molecule has 0 aromatic heterocycles. The molecule has 0 aromatic carbocycles. The van der Waals surface area contributed by atoms with Crippen LogP contribution in [0.15, 0.2) is 0 Å². The highest BCUT2D eigenvalue weighted by Gasteiger charge is 2.56. The van der Waals surface area contributed by atoms with E-state index in [9.17, 15) is 0 Å². The predicted molar refractivity (Wildman–Crippen MR) is 74.6 cm³/mol. The summed E-state index contributed by atoms with van der Waals surface area (Å²) < 4.78 is 6.44. The summed E-state index contributed by atoms with van der Waals surface area (Å²) in [6.45, 7) is 9.22. The van der Waals surface area contributed by atoms with E-state index in [2.05, 4.69) is 26.1 Å². The number of nitrogens with one attached hydrogen (secondary N) is 1. The predicted octanol–water partition coefficient (Wildman–Crippen LogP) is 3.36. The minimum atomic E-state index is 0.136. The summed E-state index contributed by atoms with van der Waals surface area (Å²) in [5.74, 6) is 1.56. The highest BCUT2D eigenvalue weighted by atomic mass is 16.5. The molecule has 2 heteroatoms. The van der Waals surface area contributed by atoms with Crippen LogP contribution in [-0.2, 0) is 4.74 Å². The van der Waals surface area contributed by atoms with E-state index in [1.165, 1.54) is 38.5 Å². The molecule has 3 unspecified atom stereocenters. The van der Waals surface area contributed by atoms with Gasteiger partial charge in [-0.15, -0.1) is 0 Å². The third-order valence-electron chi connectivity index (χ3n) is 5.68. The highest BCUT2D eigenvalue weighted by Crippen LogP contribution is 2.54. The van der Waals surface area contributed by atoms with Gasteiger partial charge < -0.3 is 10.1 Å². The van der Waals surface area contributed by atoms with E-state index in [-0.39, 0.29) is 5.60 Å². The van der Waals surface area contributed by atoms with Crippen LogP contribution in [0.2, 0.25) is 0 Å². The molecule has 1 spiro atoms. The number of rotatable bonds is 1. The Morgan fingerprint density at radius 1 is 1.17 bits per heavy atom. The standard InChI is InChI=1S/C16H29NO/c1-12-10-15(2,3)11-16(12)14(17-8-9-18-16)13-6-4-5-7-13/h12-14,17H,4-11H2,1-3H3. The summed E-state index contributed by atoms with van der Waals surface area (Å²) in [4.78, 5) is 0. The first-order valence-electron chi connectivity index (χ1n) is 7.91. The molecule has 1 N–H and O–H groups in total. The zero-order valence-electron chi connectivity index (χ0n) is 12.3. The van der Waals surface area contributed by atoms with Gasteiger partial charge in [-0.3, -0.25) is 0 Å². The van der Waals surface area contributed by atoms with Crippen LogP contribution in [0.3, 0.4) is 0 Å². The quantitative estimate of drug-likeness (QED) is 0.771. The monoisotopic (exact) mass is 251 g/mol. The maximum atomic E-state index is 6.44. The van der Waals surface area contributed by atoms with E-state index >= 15 is 0 Å². The molecule has 0 aromatic rings. The third kappa shape index (κ3) is 2.02. The molecule has 0 bridgehead atoms. The van der Waals surface area contributed by atoms with Crippen molar-refractivity contribution in [3.63, 3.8) is 0 Å². The van der Waals surface area contributed by atoms with Gasteiger partial charge >= 0.3 is 0 Å². The Hall–Kier alpha value is -0.0800. The lowest BCUT2D eigenvalue weighted by molar-refractivity contribution is -0.132. The van der Waals surface area contributed by atoms with E-state index in [1.54, 1.807) is 0 Å². The molecule has 2 saturated carbocycles. The van der Waals surface area contributed by atoms with Crippen LogP contribution in [0.5, 0.6) is 0 Å². The SMILES string of the molecule is CC1CC(C)(C)CC12OCCNC2C1CCCC1. The van der Waals surface area contributed by atoms with Crippen LogP contribution < -0.4 is 5.32 Å². The summed E-state index contributed by atoms with van der Waals surface area (Å²) in [6, 6.07) is 0.616. The molecule has 18 heavy (non-hydrogen) atoms. The molecule has 0 radical (unpaired) electrons. The Morgan fingerprint density at radius 2 is 1.89 bits per heavy atom. The molecular weight excluding hydrogens is 222 g/mol. The van der Waals surface area contributed by atoms with Crippen molar-refractivity contribution in [2.45, 2.75) is 70.9 Å². The molecule has 3 rings (SSSR count). The van der Waals surface area contributed by atoms with Crippen LogP contribution in [-0.4, -0.2) is 24.8 Å². The highest BCUT2D eigenvalue weighted by molar-refractivity contribution is 5.10. The van der Waals surface area contributed by atoms with Gasteiger partial charge in [0.05, 0.1) is 12.2 Å². The van der Waals surface area contributed by atoms with E-state index < -0.39 is 0 Å². The molecule has 1 heterocycles. The third-order valence-corrected chi connectivity index (χ3v) is 5.68. The van der Waals surface area contributed by atoms with Crippen molar-refractivity contribution >= 4 is 0 Å². The fourth-order valence-corrected chi connectivity index (χ4v) is 5.18. The van der Waals surface area contributed by atoms with E-state index in [1.807, 2.05) is 0 Å². The van der Waals surface area contributed by atoms with Gasteiger partial charge in [-0.05, 0) is 42.9 Å². The minimum Gasteiger partial charge on any atom is -0.372 e. The van der Waals surface area contributed by atoms with E-state index in [4.69, 9.17) is 4.74 Å². The van der Waals surface area contributed by atoms with Crippen molar-refractivity contribution in [1.29, 1.82) is 0 Å². The molecule has 3 fully saturated rings. The van der Waals surface area contributed by atoms with Crippen molar-refractivity contribution in [2.75, 3.05) is 13.2 Å². The Kier molecular flexibility index (Phi) is 3.22. The number of hydrogen-bond donors (Lipinski definition) is 1. The minimum absolute atomic E-state index is 0.136. The molecule has 1 aliphatic heterocycles. The number of morpholine rings is 1. The molecule has 0 amide bonds. The second-order valence-corrected chi connectivity index (χ2v) is 7.73. The van der Waals surface area contributed by atoms with Gasteiger partial charge in [0.15, 0.2) is 0 Å².